The maximum atomic E-state index is 5.63. The van der Waals surface area contributed by atoms with E-state index in [-0.39, 0.29) is 0 Å². The van der Waals surface area contributed by atoms with Crippen molar-refractivity contribution < 1.29 is 0 Å². The van der Waals surface area contributed by atoms with Crippen LogP contribution >= 0.6 is 0 Å². The van der Waals surface area contributed by atoms with E-state index in [1.165, 1.54) is 83.6 Å². The summed E-state index contributed by atoms with van der Waals surface area (Å²) in [5.41, 5.74) is 11.3. The monoisotopic (exact) mass is 353 g/mol. The largest absolute Gasteiger partial charge is 0.330 e. The summed E-state index contributed by atoms with van der Waals surface area (Å²) in [6.45, 7) is 7.23. The number of nitrogens with two attached hydrogens (primary N) is 2. The second-order valence-electron chi connectivity index (χ2n) is 7.37. The van der Waals surface area contributed by atoms with Crippen LogP contribution in [-0.4, -0.2) is 37.6 Å². The molecule has 0 aliphatic carbocycles. The number of nitrogens with zero attached hydrogens (tertiary/aromatic N) is 1. The maximum absolute atomic E-state index is 5.63. The molecular formula is C22H47N3. The summed E-state index contributed by atoms with van der Waals surface area (Å²) >= 11 is 0. The predicted molar refractivity (Wildman–Crippen MR) is 114 cm³/mol. The zero-order valence-electron chi connectivity index (χ0n) is 17.2. The van der Waals surface area contributed by atoms with Crippen LogP contribution in [0, 0.1) is 0 Å². The van der Waals surface area contributed by atoms with Gasteiger partial charge in [-0.1, -0.05) is 69.9 Å². The number of allylic oxidation sites excluding steroid dienone is 2. The van der Waals surface area contributed by atoms with Gasteiger partial charge in [0.25, 0.3) is 0 Å². The Bertz CT molecular complexity index is 258. The van der Waals surface area contributed by atoms with E-state index in [1.807, 2.05) is 0 Å². The number of unbranched alkanes of at least 4 members (excludes halogenated alkanes) is 11. The Labute approximate surface area is 158 Å². The molecule has 0 aromatic carbocycles. The van der Waals surface area contributed by atoms with Crippen molar-refractivity contribution in [2.45, 2.75) is 96.8 Å². The van der Waals surface area contributed by atoms with Crippen LogP contribution < -0.4 is 11.5 Å². The minimum Gasteiger partial charge on any atom is -0.330 e. The van der Waals surface area contributed by atoms with Crippen LogP contribution in [-0.2, 0) is 0 Å². The quantitative estimate of drug-likeness (QED) is 0.232. The molecule has 3 nitrogen and oxygen atoms in total. The summed E-state index contributed by atoms with van der Waals surface area (Å²) in [5.74, 6) is 0. The summed E-state index contributed by atoms with van der Waals surface area (Å²) in [6.07, 6.45) is 23.5. The summed E-state index contributed by atoms with van der Waals surface area (Å²) in [7, 11) is 0. The van der Waals surface area contributed by atoms with Gasteiger partial charge in [-0.05, 0) is 71.8 Å². The van der Waals surface area contributed by atoms with Crippen LogP contribution in [0.15, 0.2) is 12.2 Å². The van der Waals surface area contributed by atoms with Crippen molar-refractivity contribution in [3.05, 3.63) is 12.2 Å². The number of hydrogen-bond donors (Lipinski definition) is 2. The number of rotatable bonds is 20. The first-order valence-corrected chi connectivity index (χ1v) is 11.1. The minimum atomic E-state index is 0.801. The molecule has 0 aliphatic heterocycles. The van der Waals surface area contributed by atoms with E-state index in [2.05, 4.69) is 24.0 Å². The highest BCUT2D eigenvalue weighted by Crippen LogP contribution is 2.12. The Morgan fingerprint density at radius 2 is 0.960 bits per heavy atom. The molecule has 0 saturated carbocycles. The average molecular weight is 354 g/mol. The molecule has 0 aromatic rings. The van der Waals surface area contributed by atoms with Crippen molar-refractivity contribution in [2.75, 3.05) is 32.7 Å². The Kier molecular flexibility index (Phi) is 21.3. The normalized spacial score (nSPS) is 11.8. The first kappa shape index (κ1) is 24.6. The Hall–Kier alpha value is -0.380. The van der Waals surface area contributed by atoms with E-state index in [1.54, 1.807) is 0 Å². The highest BCUT2D eigenvalue weighted by atomic mass is 15.1. The molecule has 0 spiro atoms. The van der Waals surface area contributed by atoms with Gasteiger partial charge >= 0.3 is 0 Å². The summed E-state index contributed by atoms with van der Waals surface area (Å²) in [6, 6.07) is 0. The predicted octanol–water partition coefficient (Wildman–Crippen LogP) is 5.24. The summed E-state index contributed by atoms with van der Waals surface area (Å²) in [5, 5.41) is 0. The van der Waals surface area contributed by atoms with Gasteiger partial charge in [0.05, 0.1) is 0 Å². The van der Waals surface area contributed by atoms with Gasteiger partial charge in [0.2, 0.25) is 0 Å². The van der Waals surface area contributed by atoms with Crippen molar-refractivity contribution in [2.24, 2.45) is 11.5 Å². The van der Waals surface area contributed by atoms with Crippen molar-refractivity contribution in [3.63, 3.8) is 0 Å². The molecule has 0 fully saturated rings. The Morgan fingerprint density at radius 3 is 1.40 bits per heavy atom. The van der Waals surface area contributed by atoms with E-state index in [9.17, 15) is 0 Å². The zero-order chi connectivity index (χ0) is 18.4. The van der Waals surface area contributed by atoms with Crippen LogP contribution in [0.3, 0.4) is 0 Å². The molecule has 4 N–H and O–H groups in total. The van der Waals surface area contributed by atoms with Gasteiger partial charge in [0, 0.05) is 0 Å². The minimum absolute atomic E-state index is 0.801. The summed E-state index contributed by atoms with van der Waals surface area (Å²) in [4.78, 5) is 2.55. The van der Waals surface area contributed by atoms with Gasteiger partial charge in [-0.3, -0.25) is 0 Å². The lowest BCUT2D eigenvalue weighted by atomic mass is 10.0. The molecule has 0 aromatic heterocycles. The van der Waals surface area contributed by atoms with Crippen molar-refractivity contribution in [3.8, 4) is 0 Å². The van der Waals surface area contributed by atoms with Crippen LogP contribution in [0.4, 0.5) is 0 Å². The Balaban J connectivity index is 3.30. The molecule has 0 aliphatic rings. The van der Waals surface area contributed by atoms with Crippen molar-refractivity contribution in [1.82, 2.24) is 4.90 Å². The molecule has 0 unspecified atom stereocenters. The number of hydrogen-bond acceptors (Lipinski definition) is 3. The lowest BCUT2D eigenvalue weighted by molar-refractivity contribution is 0.263. The van der Waals surface area contributed by atoms with Crippen LogP contribution in [0.1, 0.15) is 96.8 Å². The van der Waals surface area contributed by atoms with E-state index in [0.717, 1.165) is 39.0 Å². The molecular weight excluding hydrogens is 306 g/mol. The third-order valence-corrected chi connectivity index (χ3v) is 4.94. The first-order chi connectivity index (χ1) is 12.3. The first-order valence-electron chi connectivity index (χ1n) is 11.1. The fourth-order valence-corrected chi connectivity index (χ4v) is 3.32. The molecule has 0 rings (SSSR count). The fraction of sp³-hybridized carbons (Fsp3) is 0.909. The standard InChI is InChI=1S/C22H47N3/c1-2-3-4-5-6-7-8-9-10-11-12-13-14-15-20-25(21-16-18-23)22-17-19-24/h2-3H,4-24H2,1H3/b3-2+. The van der Waals surface area contributed by atoms with E-state index < -0.39 is 0 Å². The van der Waals surface area contributed by atoms with Gasteiger partial charge in [0.15, 0.2) is 0 Å². The van der Waals surface area contributed by atoms with Crippen molar-refractivity contribution in [1.29, 1.82) is 0 Å². The maximum Gasteiger partial charge on any atom is -0.000671 e. The highest BCUT2D eigenvalue weighted by molar-refractivity contribution is 4.76. The lowest BCUT2D eigenvalue weighted by Gasteiger charge is -2.21. The molecule has 0 saturated heterocycles. The van der Waals surface area contributed by atoms with Gasteiger partial charge in [-0.2, -0.15) is 0 Å². The molecule has 0 amide bonds. The second-order valence-corrected chi connectivity index (χ2v) is 7.37. The Morgan fingerprint density at radius 1 is 0.560 bits per heavy atom. The molecule has 3 heteroatoms. The van der Waals surface area contributed by atoms with Gasteiger partial charge in [-0.15, -0.1) is 0 Å². The molecule has 150 valence electrons. The topological polar surface area (TPSA) is 55.3 Å². The molecule has 0 heterocycles. The SMILES string of the molecule is C/C=C/CCCCCCCCCCCCCN(CCCN)CCCN. The molecule has 25 heavy (non-hydrogen) atoms. The lowest BCUT2D eigenvalue weighted by Crippen LogP contribution is -2.29. The van der Waals surface area contributed by atoms with Gasteiger partial charge < -0.3 is 16.4 Å². The summed E-state index contributed by atoms with van der Waals surface area (Å²) < 4.78 is 0. The second kappa shape index (κ2) is 21.7. The van der Waals surface area contributed by atoms with Crippen LogP contribution in [0.2, 0.25) is 0 Å². The molecule has 0 atom stereocenters. The smallest absolute Gasteiger partial charge is 0.000671 e. The molecule has 0 bridgehead atoms. The average Bonchev–Trinajstić information content (AvgIpc) is 2.63. The third-order valence-electron chi connectivity index (χ3n) is 4.94. The van der Waals surface area contributed by atoms with Crippen molar-refractivity contribution >= 4 is 0 Å². The fourth-order valence-electron chi connectivity index (χ4n) is 3.32. The van der Waals surface area contributed by atoms with E-state index >= 15 is 0 Å². The molecule has 0 radical (unpaired) electrons. The highest BCUT2D eigenvalue weighted by Gasteiger charge is 2.03. The van der Waals surface area contributed by atoms with Crippen LogP contribution in [0.5, 0.6) is 0 Å². The van der Waals surface area contributed by atoms with Crippen LogP contribution in [0.25, 0.3) is 0 Å². The van der Waals surface area contributed by atoms with E-state index in [0.29, 0.717) is 0 Å². The van der Waals surface area contributed by atoms with Gasteiger partial charge in [-0.25, -0.2) is 0 Å². The zero-order valence-corrected chi connectivity index (χ0v) is 17.2. The third kappa shape index (κ3) is 19.8. The van der Waals surface area contributed by atoms with E-state index in [4.69, 9.17) is 11.5 Å². The van der Waals surface area contributed by atoms with Gasteiger partial charge in [0.1, 0.15) is 0 Å².